The summed E-state index contributed by atoms with van der Waals surface area (Å²) in [4.78, 5) is 0. The van der Waals surface area contributed by atoms with E-state index in [2.05, 4.69) is 4.72 Å². The number of rotatable bonds is 6. The van der Waals surface area contributed by atoms with E-state index in [4.69, 9.17) is 15.2 Å². The van der Waals surface area contributed by atoms with Crippen molar-refractivity contribution in [2.45, 2.75) is 25.3 Å². The Morgan fingerprint density at radius 1 is 1.43 bits per heavy atom. The van der Waals surface area contributed by atoms with Crippen molar-refractivity contribution < 1.29 is 17.9 Å². The second-order valence-electron chi connectivity index (χ2n) is 5.52. The van der Waals surface area contributed by atoms with Crippen molar-refractivity contribution in [3.05, 3.63) is 24.3 Å². The van der Waals surface area contributed by atoms with Crippen LogP contribution in [-0.2, 0) is 14.8 Å². The molecule has 1 aromatic carbocycles. The Labute approximate surface area is 125 Å². The van der Waals surface area contributed by atoms with E-state index >= 15 is 0 Å². The summed E-state index contributed by atoms with van der Waals surface area (Å²) in [7, 11) is -3.42. The lowest BCUT2D eigenvalue weighted by Crippen LogP contribution is -2.52. The van der Waals surface area contributed by atoms with Gasteiger partial charge >= 0.3 is 0 Å². The molecule has 7 heteroatoms. The lowest BCUT2D eigenvalue weighted by Gasteiger charge is -2.33. The minimum absolute atomic E-state index is 0.0560. The van der Waals surface area contributed by atoms with Gasteiger partial charge in [-0.25, -0.2) is 13.1 Å². The molecule has 1 aromatic rings. The third-order valence-electron chi connectivity index (χ3n) is 3.37. The van der Waals surface area contributed by atoms with Crippen molar-refractivity contribution in [3.8, 4) is 5.75 Å². The molecule has 118 valence electrons. The average Bonchev–Trinajstić information content (AvgIpc) is 2.40. The van der Waals surface area contributed by atoms with E-state index in [-0.39, 0.29) is 12.4 Å². The first-order chi connectivity index (χ1) is 9.90. The Balaban J connectivity index is 1.85. The lowest BCUT2D eigenvalue weighted by atomic mass is 9.97. The highest BCUT2D eigenvalue weighted by Crippen LogP contribution is 2.21. The molecule has 1 fully saturated rings. The maximum atomic E-state index is 12.1. The quantitative estimate of drug-likeness (QED) is 0.768. The first kappa shape index (κ1) is 16.1. The van der Waals surface area contributed by atoms with Gasteiger partial charge in [-0.2, -0.15) is 0 Å². The third-order valence-corrected chi connectivity index (χ3v) is 4.88. The van der Waals surface area contributed by atoms with Crippen LogP contribution in [0.4, 0.5) is 5.69 Å². The summed E-state index contributed by atoms with van der Waals surface area (Å²) >= 11 is 0. The van der Waals surface area contributed by atoms with E-state index in [0.29, 0.717) is 24.7 Å². The molecule has 1 aliphatic rings. The van der Waals surface area contributed by atoms with Crippen molar-refractivity contribution in [1.82, 2.24) is 4.72 Å². The summed E-state index contributed by atoms with van der Waals surface area (Å²) in [6.07, 6.45) is 1.63. The smallest absolute Gasteiger partial charge is 0.215 e. The number of anilines is 1. The SMILES string of the molecule is CC1(NS(=O)(=O)CCOc2ccccc2N)CCCOC1. The number of nitrogens with two attached hydrogens (primary N) is 1. The molecule has 1 unspecified atom stereocenters. The summed E-state index contributed by atoms with van der Waals surface area (Å²) < 4.78 is 37.7. The second-order valence-corrected chi connectivity index (χ2v) is 7.37. The van der Waals surface area contributed by atoms with E-state index in [1.54, 1.807) is 24.3 Å². The van der Waals surface area contributed by atoms with Gasteiger partial charge in [0.1, 0.15) is 12.4 Å². The Hall–Kier alpha value is -1.31. The zero-order chi connectivity index (χ0) is 15.3. The summed E-state index contributed by atoms with van der Waals surface area (Å²) in [5.74, 6) is 0.386. The van der Waals surface area contributed by atoms with Crippen molar-refractivity contribution in [3.63, 3.8) is 0 Å². The Kier molecular flexibility index (Phi) is 5.08. The zero-order valence-corrected chi connectivity index (χ0v) is 13.0. The minimum atomic E-state index is -3.42. The molecule has 0 amide bonds. The molecular weight excluding hydrogens is 292 g/mol. The van der Waals surface area contributed by atoms with Gasteiger partial charge in [0, 0.05) is 6.61 Å². The Bertz CT molecular complexity index is 568. The fraction of sp³-hybridized carbons (Fsp3) is 0.571. The van der Waals surface area contributed by atoms with E-state index in [1.165, 1.54) is 0 Å². The molecule has 0 bridgehead atoms. The zero-order valence-electron chi connectivity index (χ0n) is 12.2. The number of nitrogen functional groups attached to an aromatic ring is 1. The molecule has 1 heterocycles. The highest BCUT2D eigenvalue weighted by molar-refractivity contribution is 7.89. The van der Waals surface area contributed by atoms with Crippen LogP contribution in [0.2, 0.25) is 0 Å². The largest absolute Gasteiger partial charge is 0.490 e. The van der Waals surface area contributed by atoms with Crippen molar-refractivity contribution >= 4 is 15.7 Å². The van der Waals surface area contributed by atoms with Crippen LogP contribution in [0.1, 0.15) is 19.8 Å². The maximum Gasteiger partial charge on any atom is 0.215 e. The predicted octanol–water partition coefficient (Wildman–Crippen LogP) is 1.14. The van der Waals surface area contributed by atoms with Gasteiger partial charge in [-0.1, -0.05) is 12.1 Å². The summed E-state index contributed by atoms with van der Waals surface area (Å²) in [5.41, 5.74) is 5.71. The van der Waals surface area contributed by atoms with E-state index in [1.807, 2.05) is 6.92 Å². The van der Waals surface area contributed by atoms with Gasteiger partial charge in [-0.05, 0) is 31.9 Å². The normalized spacial score (nSPS) is 22.9. The monoisotopic (exact) mass is 314 g/mol. The minimum Gasteiger partial charge on any atom is -0.490 e. The van der Waals surface area contributed by atoms with Crippen LogP contribution in [0.5, 0.6) is 5.75 Å². The number of ether oxygens (including phenoxy) is 2. The number of benzene rings is 1. The molecule has 1 aliphatic heterocycles. The molecular formula is C14H22N2O4S. The third kappa shape index (κ3) is 4.87. The van der Waals surface area contributed by atoms with Crippen LogP contribution in [-0.4, -0.2) is 39.5 Å². The topological polar surface area (TPSA) is 90.7 Å². The molecule has 0 radical (unpaired) electrons. The Morgan fingerprint density at radius 2 is 2.19 bits per heavy atom. The fourth-order valence-corrected chi connectivity index (χ4v) is 3.63. The average molecular weight is 314 g/mol. The molecule has 1 saturated heterocycles. The standard InChI is InChI=1S/C14H22N2O4S/c1-14(7-4-8-19-11-14)16-21(17,18)10-9-20-13-6-3-2-5-12(13)15/h2-3,5-6,16H,4,7-11,15H2,1H3. The fourth-order valence-electron chi connectivity index (χ4n) is 2.31. The molecule has 6 nitrogen and oxygen atoms in total. The van der Waals surface area contributed by atoms with E-state index < -0.39 is 15.6 Å². The van der Waals surface area contributed by atoms with Gasteiger partial charge in [0.15, 0.2) is 0 Å². The molecule has 0 spiro atoms. The van der Waals surface area contributed by atoms with Gasteiger partial charge in [0.05, 0.1) is 23.6 Å². The van der Waals surface area contributed by atoms with Crippen molar-refractivity contribution in [2.75, 3.05) is 31.3 Å². The number of nitrogens with one attached hydrogen (secondary N) is 1. The molecule has 3 N–H and O–H groups in total. The van der Waals surface area contributed by atoms with Crippen LogP contribution < -0.4 is 15.2 Å². The number of sulfonamides is 1. The van der Waals surface area contributed by atoms with Crippen LogP contribution in [0, 0.1) is 0 Å². The van der Waals surface area contributed by atoms with Crippen LogP contribution >= 0.6 is 0 Å². The number of hydrogen-bond donors (Lipinski definition) is 2. The second kappa shape index (κ2) is 6.64. The van der Waals surface area contributed by atoms with Gasteiger partial charge in [0.25, 0.3) is 0 Å². The maximum absolute atomic E-state index is 12.1. The van der Waals surface area contributed by atoms with Crippen molar-refractivity contribution in [2.24, 2.45) is 0 Å². The van der Waals surface area contributed by atoms with Crippen molar-refractivity contribution in [1.29, 1.82) is 0 Å². The molecule has 0 aliphatic carbocycles. The predicted molar refractivity (Wildman–Crippen MR) is 81.7 cm³/mol. The highest BCUT2D eigenvalue weighted by atomic mass is 32.2. The van der Waals surface area contributed by atoms with Gasteiger partial charge < -0.3 is 15.2 Å². The van der Waals surface area contributed by atoms with Crippen LogP contribution in [0.15, 0.2) is 24.3 Å². The molecule has 0 saturated carbocycles. The molecule has 21 heavy (non-hydrogen) atoms. The summed E-state index contributed by atoms with van der Waals surface area (Å²) in [6.45, 7) is 3.01. The van der Waals surface area contributed by atoms with Crippen LogP contribution in [0.25, 0.3) is 0 Å². The van der Waals surface area contributed by atoms with Gasteiger partial charge in [-0.15, -0.1) is 0 Å². The summed E-state index contributed by atoms with van der Waals surface area (Å²) in [5, 5.41) is 0. The van der Waals surface area contributed by atoms with E-state index in [0.717, 1.165) is 12.8 Å². The Morgan fingerprint density at radius 3 is 2.86 bits per heavy atom. The molecule has 0 aromatic heterocycles. The van der Waals surface area contributed by atoms with Crippen LogP contribution in [0.3, 0.4) is 0 Å². The molecule has 1 atom stereocenters. The summed E-state index contributed by atoms with van der Waals surface area (Å²) in [6, 6.07) is 7.01. The van der Waals surface area contributed by atoms with Gasteiger partial charge in [-0.3, -0.25) is 0 Å². The highest BCUT2D eigenvalue weighted by Gasteiger charge is 2.32. The number of hydrogen-bond acceptors (Lipinski definition) is 5. The molecule has 2 rings (SSSR count). The first-order valence-electron chi connectivity index (χ1n) is 6.97. The van der Waals surface area contributed by atoms with E-state index in [9.17, 15) is 8.42 Å². The first-order valence-corrected chi connectivity index (χ1v) is 8.62. The lowest BCUT2D eigenvalue weighted by molar-refractivity contribution is 0.0386. The van der Waals surface area contributed by atoms with Gasteiger partial charge in [0.2, 0.25) is 10.0 Å². The number of para-hydroxylation sites is 2.